The van der Waals surface area contributed by atoms with E-state index in [1.54, 1.807) is 0 Å². The van der Waals surface area contributed by atoms with E-state index in [2.05, 4.69) is 187 Å². The van der Waals surface area contributed by atoms with Gasteiger partial charge in [-0.1, -0.05) is 109 Å². The lowest BCUT2D eigenvalue weighted by Crippen LogP contribution is -2.36. The van der Waals surface area contributed by atoms with Gasteiger partial charge < -0.3 is 0 Å². The van der Waals surface area contributed by atoms with E-state index >= 15 is 0 Å². The number of rotatable bonds is 10. The van der Waals surface area contributed by atoms with E-state index in [9.17, 15) is 0 Å². The van der Waals surface area contributed by atoms with Crippen molar-refractivity contribution in [3.63, 3.8) is 0 Å². The second-order valence-corrected chi connectivity index (χ2v) is 18.5. The molecule has 0 bridgehead atoms. The van der Waals surface area contributed by atoms with Crippen LogP contribution < -0.4 is 31.8 Å². The standard InChI is InChI=1S/C41H38N2P2/c1-7-19-35(20-8-1)44(36-21-9-2-10-22-36,37-23-11-3-12-24-37)34-33-43-32-31-41(42-43)45(38-25-13-4-14-26-38,39-27-15-5-16-28-39)40-29-17-6-18-30-40/h1-30H,31-34H2/q+2. The van der Waals surface area contributed by atoms with Gasteiger partial charge in [0, 0.05) is 13.0 Å². The van der Waals surface area contributed by atoms with Gasteiger partial charge in [-0.2, -0.15) is 0 Å². The van der Waals surface area contributed by atoms with E-state index < -0.39 is 14.5 Å². The first-order valence-electron chi connectivity index (χ1n) is 15.8. The molecule has 0 atom stereocenters. The molecule has 0 radical (unpaired) electrons. The zero-order chi connectivity index (χ0) is 30.4. The van der Waals surface area contributed by atoms with Crippen molar-refractivity contribution in [3.8, 4) is 0 Å². The highest BCUT2D eigenvalue weighted by molar-refractivity contribution is 8.08. The SMILES string of the molecule is c1ccc([P+](CCN2CCC([P+](c3ccccc3)(c3ccccc3)c3ccccc3)=N2)(c2ccccc2)c2ccccc2)cc1. The van der Waals surface area contributed by atoms with Crippen LogP contribution in [0.25, 0.3) is 0 Å². The Bertz CT molecular complexity index is 1640. The van der Waals surface area contributed by atoms with E-state index in [4.69, 9.17) is 5.10 Å². The molecule has 0 spiro atoms. The molecule has 1 aliphatic heterocycles. The molecule has 0 saturated heterocycles. The number of hydrazone groups is 1. The topological polar surface area (TPSA) is 15.6 Å². The van der Waals surface area contributed by atoms with E-state index in [1.165, 1.54) is 37.3 Å². The normalized spacial score (nSPS) is 13.4. The summed E-state index contributed by atoms with van der Waals surface area (Å²) in [5.41, 5.74) is 1.31. The lowest BCUT2D eigenvalue weighted by molar-refractivity contribution is 0.339. The zero-order valence-electron chi connectivity index (χ0n) is 25.4. The van der Waals surface area contributed by atoms with Gasteiger partial charge in [0.25, 0.3) is 0 Å². The van der Waals surface area contributed by atoms with Crippen LogP contribution in [0, 0.1) is 0 Å². The van der Waals surface area contributed by atoms with Gasteiger partial charge in [-0.25, -0.2) is 0 Å². The Morgan fingerprint density at radius 3 is 1.07 bits per heavy atom. The van der Waals surface area contributed by atoms with Crippen LogP contribution in [-0.2, 0) is 0 Å². The molecule has 0 fully saturated rings. The van der Waals surface area contributed by atoms with Gasteiger partial charge in [-0.05, 0) is 72.8 Å². The minimum atomic E-state index is -2.16. The molecular weight excluding hydrogens is 582 g/mol. The Labute approximate surface area is 268 Å². The average molecular weight is 621 g/mol. The van der Waals surface area contributed by atoms with Crippen molar-refractivity contribution in [3.05, 3.63) is 182 Å². The molecule has 0 aliphatic carbocycles. The summed E-state index contributed by atoms with van der Waals surface area (Å²) in [5, 5.41) is 16.3. The van der Waals surface area contributed by atoms with Crippen molar-refractivity contribution in [2.45, 2.75) is 6.42 Å². The predicted molar refractivity (Wildman–Crippen MR) is 199 cm³/mol. The maximum Gasteiger partial charge on any atom is 0.194 e. The quantitative estimate of drug-likeness (QED) is 0.151. The lowest BCUT2D eigenvalue weighted by Gasteiger charge is -2.29. The molecule has 1 heterocycles. The fourth-order valence-electron chi connectivity index (χ4n) is 6.89. The molecular formula is C41H38N2P2+2. The van der Waals surface area contributed by atoms with Gasteiger partial charge in [0.2, 0.25) is 0 Å². The van der Waals surface area contributed by atoms with Gasteiger partial charge >= 0.3 is 0 Å². The number of benzene rings is 6. The minimum Gasteiger partial charge on any atom is -0.289 e. The highest BCUT2D eigenvalue weighted by atomic mass is 31.2. The zero-order valence-corrected chi connectivity index (χ0v) is 27.2. The molecule has 0 unspecified atom stereocenters. The highest BCUT2D eigenvalue weighted by Gasteiger charge is 2.53. The molecule has 7 rings (SSSR count). The Hall–Kier alpha value is -4.35. The molecule has 0 amide bonds. The molecule has 1 aliphatic rings. The molecule has 0 N–H and O–H groups in total. The Morgan fingerprint density at radius 2 is 0.733 bits per heavy atom. The van der Waals surface area contributed by atoms with E-state index in [0.29, 0.717) is 0 Å². The second kappa shape index (κ2) is 13.3. The molecule has 6 aromatic rings. The summed E-state index contributed by atoms with van der Waals surface area (Å²) in [4.78, 5) is 0. The molecule has 0 saturated carbocycles. The van der Waals surface area contributed by atoms with Gasteiger partial charge in [-0.15, -0.1) is 5.10 Å². The summed E-state index contributed by atoms with van der Waals surface area (Å²) in [7, 11) is -4.10. The van der Waals surface area contributed by atoms with Crippen LogP contribution in [0.3, 0.4) is 0 Å². The number of hydrogen-bond acceptors (Lipinski definition) is 2. The Morgan fingerprint density at radius 1 is 0.422 bits per heavy atom. The number of nitrogens with zero attached hydrogens (tertiary/aromatic N) is 2. The molecule has 45 heavy (non-hydrogen) atoms. The largest absolute Gasteiger partial charge is 0.289 e. The molecule has 4 heteroatoms. The van der Waals surface area contributed by atoms with Crippen LogP contribution in [0.2, 0.25) is 0 Å². The first-order valence-corrected chi connectivity index (χ1v) is 19.5. The van der Waals surface area contributed by atoms with Crippen molar-refractivity contribution in [2.75, 3.05) is 19.3 Å². The predicted octanol–water partition coefficient (Wildman–Crippen LogP) is 6.99. The summed E-state index contributed by atoms with van der Waals surface area (Å²) in [6.45, 7) is 1.83. The summed E-state index contributed by atoms with van der Waals surface area (Å²) in [6, 6.07) is 66.9. The maximum atomic E-state index is 5.59. The van der Waals surface area contributed by atoms with Crippen molar-refractivity contribution in [2.24, 2.45) is 5.10 Å². The van der Waals surface area contributed by atoms with E-state index in [-0.39, 0.29) is 0 Å². The lowest BCUT2D eigenvalue weighted by atomic mass is 10.3. The monoisotopic (exact) mass is 620 g/mol. The average Bonchev–Trinajstić information content (AvgIpc) is 3.61. The van der Waals surface area contributed by atoms with Crippen molar-refractivity contribution < 1.29 is 0 Å². The van der Waals surface area contributed by atoms with Crippen molar-refractivity contribution in [1.29, 1.82) is 0 Å². The Balaban J connectivity index is 1.33. The van der Waals surface area contributed by atoms with Crippen LogP contribution in [0.5, 0.6) is 0 Å². The smallest absolute Gasteiger partial charge is 0.194 e. The summed E-state index contributed by atoms with van der Waals surface area (Å²) < 4.78 is 0. The highest BCUT2D eigenvalue weighted by Crippen LogP contribution is 2.59. The Kier molecular flexibility index (Phi) is 8.70. The first kappa shape index (κ1) is 29.4. The van der Waals surface area contributed by atoms with Crippen LogP contribution >= 0.6 is 14.5 Å². The van der Waals surface area contributed by atoms with Gasteiger partial charge in [-0.3, -0.25) is 5.01 Å². The maximum absolute atomic E-state index is 5.59. The molecule has 2 nitrogen and oxygen atoms in total. The molecule has 6 aromatic carbocycles. The fourth-order valence-corrected chi connectivity index (χ4v) is 15.5. The van der Waals surface area contributed by atoms with Crippen LogP contribution in [0.4, 0.5) is 0 Å². The molecule has 220 valence electrons. The van der Waals surface area contributed by atoms with Crippen LogP contribution in [0.15, 0.2) is 187 Å². The second-order valence-electron chi connectivity index (χ2n) is 11.4. The van der Waals surface area contributed by atoms with Crippen molar-refractivity contribution in [1.82, 2.24) is 5.01 Å². The third-order valence-electron chi connectivity index (χ3n) is 8.95. The third kappa shape index (κ3) is 5.55. The van der Waals surface area contributed by atoms with Gasteiger partial charge in [0.15, 0.2) is 12.7 Å². The van der Waals surface area contributed by atoms with E-state index in [0.717, 1.165) is 25.7 Å². The summed E-state index contributed by atoms with van der Waals surface area (Å²) >= 11 is 0. The molecule has 0 aromatic heterocycles. The van der Waals surface area contributed by atoms with Crippen LogP contribution in [0.1, 0.15) is 6.42 Å². The van der Waals surface area contributed by atoms with Gasteiger partial charge in [0.05, 0.1) is 12.7 Å². The minimum absolute atomic E-state index is 0.897. The van der Waals surface area contributed by atoms with Crippen LogP contribution in [-0.4, -0.2) is 29.7 Å². The van der Waals surface area contributed by atoms with E-state index in [1.807, 2.05) is 0 Å². The summed E-state index contributed by atoms with van der Waals surface area (Å²) in [5.74, 6) is 0. The number of hydrogen-bond donors (Lipinski definition) is 0. The summed E-state index contributed by atoms with van der Waals surface area (Å²) in [6.07, 6.45) is 1.98. The third-order valence-corrected chi connectivity index (χ3v) is 17.7. The fraction of sp³-hybridized carbons (Fsp3) is 0.0976. The first-order chi connectivity index (χ1) is 22.3. The van der Waals surface area contributed by atoms with Gasteiger partial charge in [0.1, 0.15) is 39.1 Å². The van der Waals surface area contributed by atoms with Crippen molar-refractivity contribution >= 4 is 51.8 Å².